The van der Waals surface area contributed by atoms with E-state index >= 15 is 0 Å². The quantitative estimate of drug-likeness (QED) is 0.466. The average Bonchev–Trinajstić information content (AvgIpc) is 2.57. The molecule has 27 heavy (non-hydrogen) atoms. The van der Waals surface area contributed by atoms with Crippen LogP contribution in [0.5, 0.6) is 0 Å². The third kappa shape index (κ3) is 8.19. The molecular formula is C21H39NO3Si2. The van der Waals surface area contributed by atoms with E-state index in [1.54, 1.807) is 0 Å². The van der Waals surface area contributed by atoms with Crippen LogP contribution in [0.2, 0.25) is 37.3 Å². The van der Waals surface area contributed by atoms with Crippen LogP contribution in [-0.4, -0.2) is 42.8 Å². The smallest absolute Gasteiger partial charge is 0.294 e. The van der Waals surface area contributed by atoms with Crippen LogP contribution in [0.25, 0.3) is 0 Å². The maximum absolute atomic E-state index is 12.5. The number of anilines is 1. The zero-order chi connectivity index (χ0) is 20.7. The molecule has 0 N–H and O–H groups in total. The summed E-state index contributed by atoms with van der Waals surface area (Å²) in [6, 6.07) is 11.4. The molecule has 0 spiro atoms. The Hall–Kier alpha value is -1.12. The molecule has 0 atom stereocenters. The van der Waals surface area contributed by atoms with Crippen molar-refractivity contribution in [3.8, 4) is 0 Å². The number of carbonyl (C=O) groups excluding carboxylic acids is 1. The molecule has 4 nitrogen and oxygen atoms in total. The van der Waals surface area contributed by atoms with E-state index < -0.39 is 16.6 Å². The van der Waals surface area contributed by atoms with Gasteiger partial charge >= 0.3 is 0 Å². The molecule has 0 aliphatic carbocycles. The van der Waals surface area contributed by atoms with Gasteiger partial charge in [0.1, 0.15) is 0 Å². The van der Waals surface area contributed by atoms with Crippen molar-refractivity contribution in [2.75, 3.05) is 25.1 Å². The van der Waals surface area contributed by atoms with Gasteiger partial charge in [0.15, 0.2) is 8.32 Å². The molecule has 1 rings (SSSR count). The Morgan fingerprint density at radius 3 is 2.15 bits per heavy atom. The Balaban J connectivity index is 2.68. The number of carbonyl (C=O) groups is 1. The van der Waals surface area contributed by atoms with Crippen LogP contribution in [-0.2, 0) is 13.6 Å². The number of rotatable bonds is 10. The molecular weight excluding hydrogens is 370 g/mol. The number of nitrogens with zero attached hydrogens (tertiary/aromatic N) is 1. The van der Waals surface area contributed by atoms with Crippen molar-refractivity contribution in [3.63, 3.8) is 0 Å². The van der Waals surface area contributed by atoms with Crippen molar-refractivity contribution in [1.29, 1.82) is 0 Å². The summed E-state index contributed by atoms with van der Waals surface area (Å²) in [5.41, 5.74) is 1.16. The van der Waals surface area contributed by atoms with Crippen molar-refractivity contribution < 1.29 is 13.6 Å². The first-order valence-corrected chi connectivity index (χ1v) is 16.0. The molecule has 0 amide bonds. The van der Waals surface area contributed by atoms with Gasteiger partial charge in [-0.1, -0.05) is 39.0 Å². The van der Waals surface area contributed by atoms with Crippen molar-refractivity contribution >= 4 is 28.3 Å². The van der Waals surface area contributed by atoms with Gasteiger partial charge in [-0.15, -0.1) is 0 Å². The summed E-state index contributed by atoms with van der Waals surface area (Å²) in [4.78, 5) is 14.8. The average molecular weight is 410 g/mol. The van der Waals surface area contributed by atoms with Crippen molar-refractivity contribution in [2.24, 2.45) is 0 Å². The van der Waals surface area contributed by atoms with Crippen LogP contribution in [0.1, 0.15) is 33.6 Å². The Kier molecular flexibility index (Phi) is 8.76. The zero-order valence-corrected chi connectivity index (χ0v) is 20.6. The van der Waals surface area contributed by atoms with E-state index in [4.69, 9.17) is 8.85 Å². The van der Waals surface area contributed by atoms with Gasteiger partial charge in [0, 0.05) is 25.9 Å². The molecule has 0 saturated heterocycles. The molecule has 0 bridgehead atoms. The van der Waals surface area contributed by atoms with Gasteiger partial charge in [0.25, 0.3) is 14.3 Å². The zero-order valence-electron chi connectivity index (χ0n) is 18.6. The Morgan fingerprint density at radius 1 is 1.04 bits per heavy atom. The van der Waals surface area contributed by atoms with Crippen LogP contribution in [0.15, 0.2) is 30.3 Å². The standard InChI is InChI=1S/C21H39NO3Si2/c1-21(2,3)27(7,8)25-20(23)15-17-22(19-13-10-9-11-14-19)16-12-18-26(5,6)24-4/h9-11,13-14H,12,15-18H2,1-8H3. The molecule has 0 aromatic heterocycles. The van der Waals surface area contributed by atoms with Gasteiger partial charge < -0.3 is 13.8 Å². The summed E-state index contributed by atoms with van der Waals surface area (Å²) < 4.78 is 11.6. The molecule has 0 aliphatic heterocycles. The first-order valence-electron chi connectivity index (χ1n) is 9.95. The van der Waals surface area contributed by atoms with Crippen LogP contribution >= 0.6 is 0 Å². The van der Waals surface area contributed by atoms with Crippen molar-refractivity contribution in [2.45, 2.75) is 70.9 Å². The van der Waals surface area contributed by atoms with Gasteiger partial charge in [-0.3, -0.25) is 4.79 Å². The molecule has 154 valence electrons. The lowest BCUT2D eigenvalue weighted by atomic mass is 10.2. The van der Waals surface area contributed by atoms with E-state index in [1.807, 2.05) is 25.3 Å². The third-order valence-electron chi connectivity index (χ3n) is 5.64. The lowest BCUT2D eigenvalue weighted by Gasteiger charge is -2.35. The summed E-state index contributed by atoms with van der Waals surface area (Å²) in [6.07, 6.45) is 1.49. The molecule has 6 heteroatoms. The molecule has 0 unspecified atom stereocenters. The summed E-state index contributed by atoms with van der Waals surface area (Å²) in [5, 5.41) is 0.0398. The fourth-order valence-electron chi connectivity index (χ4n) is 2.52. The van der Waals surface area contributed by atoms with E-state index in [-0.39, 0.29) is 11.0 Å². The van der Waals surface area contributed by atoms with Crippen LogP contribution < -0.4 is 4.90 Å². The lowest BCUT2D eigenvalue weighted by Crippen LogP contribution is -2.43. The molecule has 1 aromatic carbocycles. The first-order chi connectivity index (χ1) is 12.4. The van der Waals surface area contributed by atoms with E-state index in [9.17, 15) is 4.79 Å². The Labute approximate surface area is 168 Å². The van der Waals surface area contributed by atoms with E-state index in [1.165, 1.54) is 0 Å². The minimum Gasteiger partial charge on any atom is -0.519 e. The first kappa shape index (κ1) is 23.9. The molecule has 0 fully saturated rings. The molecule has 1 aromatic rings. The van der Waals surface area contributed by atoms with Crippen LogP contribution in [0.3, 0.4) is 0 Å². The number of para-hydroxylation sites is 1. The Bertz CT molecular complexity index is 583. The van der Waals surface area contributed by atoms with Gasteiger partial charge in [0.05, 0.1) is 6.42 Å². The normalized spacial score (nSPS) is 12.7. The third-order valence-corrected chi connectivity index (χ3v) is 12.7. The number of benzene rings is 1. The maximum Gasteiger partial charge on any atom is 0.294 e. The number of hydrogen-bond acceptors (Lipinski definition) is 4. The predicted octanol–water partition coefficient (Wildman–Crippen LogP) is 5.67. The second-order valence-corrected chi connectivity index (χ2v) is 18.5. The summed E-state index contributed by atoms with van der Waals surface area (Å²) in [7, 11) is -1.79. The van der Waals surface area contributed by atoms with E-state index in [2.05, 4.69) is 64.0 Å². The van der Waals surface area contributed by atoms with Crippen molar-refractivity contribution in [1.82, 2.24) is 0 Å². The summed E-state index contributed by atoms with van der Waals surface area (Å²) in [6.45, 7) is 16.8. The second kappa shape index (κ2) is 9.89. The lowest BCUT2D eigenvalue weighted by molar-refractivity contribution is -0.135. The molecule has 0 aliphatic rings. The Morgan fingerprint density at radius 2 is 1.63 bits per heavy atom. The molecule has 0 heterocycles. The van der Waals surface area contributed by atoms with Crippen molar-refractivity contribution in [3.05, 3.63) is 30.3 Å². The molecule has 0 radical (unpaired) electrons. The van der Waals surface area contributed by atoms with E-state index in [0.717, 1.165) is 24.7 Å². The highest BCUT2D eigenvalue weighted by Crippen LogP contribution is 2.36. The fraction of sp³-hybridized carbons (Fsp3) is 0.667. The SMILES string of the molecule is CO[Si](C)(C)CCCN(CCC(=O)O[Si](C)(C)C(C)(C)C)c1ccccc1. The largest absolute Gasteiger partial charge is 0.519 e. The highest BCUT2D eigenvalue weighted by molar-refractivity contribution is 6.75. The van der Waals surface area contributed by atoms with Crippen LogP contribution in [0, 0.1) is 0 Å². The monoisotopic (exact) mass is 409 g/mol. The van der Waals surface area contributed by atoms with Gasteiger partial charge in [-0.05, 0) is 55.8 Å². The van der Waals surface area contributed by atoms with Gasteiger partial charge in [0.2, 0.25) is 0 Å². The minimum atomic E-state index is -2.05. The van der Waals surface area contributed by atoms with Gasteiger partial charge in [-0.2, -0.15) is 0 Å². The minimum absolute atomic E-state index is 0.0398. The second-order valence-electron chi connectivity index (χ2n) is 9.37. The molecule has 0 saturated carbocycles. The van der Waals surface area contributed by atoms with Gasteiger partial charge in [-0.25, -0.2) is 0 Å². The highest BCUT2D eigenvalue weighted by atomic mass is 28.4. The fourth-order valence-corrected chi connectivity index (χ4v) is 4.71. The highest BCUT2D eigenvalue weighted by Gasteiger charge is 2.40. The summed E-state index contributed by atoms with van der Waals surface area (Å²) >= 11 is 0. The van der Waals surface area contributed by atoms with Crippen LogP contribution in [0.4, 0.5) is 5.69 Å². The predicted molar refractivity (Wildman–Crippen MR) is 120 cm³/mol. The van der Waals surface area contributed by atoms with E-state index in [0.29, 0.717) is 13.0 Å². The summed E-state index contributed by atoms with van der Waals surface area (Å²) in [5.74, 6) is -0.0749. The topological polar surface area (TPSA) is 38.8 Å². The number of hydrogen-bond donors (Lipinski definition) is 0. The maximum atomic E-state index is 12.5.